The van der Waals surface area contributed by atoms with Crippen LogP contribution in [-0.4, -0.2) is 34.1 Å². The van der Waals surface area contributed by atoms with Crippen molar-refractivity contribution in [3.05, 3.63) is 10.5 Å². The van der Waals surface area contributed by atoms with Crippen LogP contribution in [0.2, 0.25) is 0 Å². The van der Waals surface area contributed by atoms with Crippen LogP contribution in [0, 0.1) is 5.51 Å². The molecule has 0 aliphatic rings. The molecule has 0 bridgehead atoms. The van der Waals surface area contributed by atoms with E-state index in [9.17, 15) is 4.79 Å². The summed E-state index contributed by atoms with van der Waals surface area (Å²) < 4.78 is 0. The summed E-state index contributed by atoms with van der Waals surface area (Å²) in [5, 5.41) is 8.17. The van der Waals surface area contributed by atoms with Crippen molar-refractivity contribution in [2.45, 2.75) is 33.1 Å². The van der Waals surface area contributed by atoms with E-state index in [1.54, 1.807) is 0 Å². The van der Waals surface area contributed by atoms with E-state index in [1.165, 1.54) is 11.3 Å². The number of hydrogen-bond acceptors (Lipinski definition) is 4. The lowest BCUT2D eigenvalue weighted by molar-refractivity contribution is -0.130. The minimum absolute atomic E-state index is 0.142. The van der Waals surface area contributed by atoms with Gasteiger partial charge in [0.15, 0.2) is 5.51 Å². The van der Waals surface area contributed by atoms with E-state index in [1.807, 2.05) is 4.90 Å². The summed E-state index contributed by atoms with van der Waals surface area (Å²) in [6.07, 6.45) is 2.35. The molecule has 4 nitrogen and oxygen atoms in total. The van der Waals surface area contributed by atoms with Crippen molar-refractivity contribution in [3.8, 4) is 0 Å². The van der Waals surface area contributed by atoms with Crippen LogP contribution in [-0.2, 0) is 11.2 Å². The standard InChI is InChI=1S/C10H16N3OS/c1-3-5-13(6-4-2)10(14)7-9-12-11-8-15-9/h3-7H2,1-2H3. The van der Waals surface area contributed by atoms with Crippen LogP contribution in [0.25, 0.3) is 0 Å². The van der Waals surface area contributed by atoms with Gasteiger partial charge in [-0.2, -0.15) is 0 Å². The van der Waals surface area contributed by atoms with Crippen molar-refractivity contribution < 1.29 is 4.79 Å². The molecule has 0 fully saturated rings. The van der Waals surface area contributed by atoms with Gasteiger partial charge >= 0.3 is 0 Å². The second kappa shape index (κ2) is 6.50. The van der Waals surface area contributed by atoms with Gasteiger partial charge in [-0.05, 0) is 12.8 Å². The molecule has 5 heteroatoms. The first-order valence-electron chi connectivity index (χ1n) is 5.24. The van der Waals surface area contributed by atoms with Gasteiger partial charge in [0, 0.05) is 13.1 Å². The van der Waals surface area contributed by atoms with Crippen LogP contribution in [0.15, 0.2) is 0 Å². The van der Waals surface area contributed by atoms with Crippen molar-refractivity contribution >= 4 is 17.2 Å². The zero-order valence-electron chi connectivity index (χ0n) is 9.19. The number of amides is 1. The molecular weight excluding hydrogens is 210 g/mol. The van der Waals surface area contributed by atoms with E-state index in [0.29, 0.717) is 6.42 Å². The van der Waals surface area contributed by atoms with Gasteiger partial charge in [0.25, 0.3) is 0 Å². The molecule has 0 aromatic carbocycles. The molecule has 1 aromatic rings. The highest BCUT2D eigenvalue weighted by Gasteiger charge is 2.13. The first kappa shape index (κ1) is 12.1. The van der Waals surface area contributed by atoms with Crippen LogP contribution in [0.5, 0.6) is 0 Å². The molecule has 15 heavy (non-hydrogen) atoms. The summed E-state index contributed by atoms with van der Waals surface area (Å²) in [5.41, 5.74) is 2.65. The molecule has 83 valence electrons. The van der Waals surface area contributed by atoms with E-state index in [-0.39, 0.29) is 5.91 Å². The maximum atomic E-state index is 11.8. The molecule has 1 heterocycles. The number of carbonyl (C=O) groups excluding carboxylic acids is 1. The third-order valence-corrected chi connectivity index (χ3v) is 2.64. The Morgan fingerprint density at radius 3 is 2.53 bits per heavy atom. The number of hydrogen-bond donors (Lipinski definition) is 0. The predicted molar refractivity (Wildman–Crippen MR) is 59.6 cm³/mol. The van der Waals surface area contributed by atoms with E-state index in [0.717, 1.165) is 30.9 Å². The van der Waals surface area contributed by atoms with Crippen molar-refractivity contribution in [2.75, 3.05) is 13.1 Å². The van der Waals surface area contributed by atoms with E-state index in [4.69, 9.17) is 0 Å². The average molecular weight is 226 g/mol. The summed E-state index contributed by atoms with van der Waals surface area (Å²) >= 11 is 1.31. The van der Waals surface area contributed by atoms with E-state index in [2.05, 4.69) is 29.6 Å². The molecule has 1 amide bonds. The second-order valence-corrected chi connectivity index (χ2v) is 4.20. The highest BCUT2D eigenvalue weighted by molar-refractivity contribution is 7.08. The average Bonchev–Trinajstić information content (AvgIpc) is 2.70. The number of nitrogens with zero attached hydrogens (tertiary/aromatic N) is 3. The van der Waals surface area contributed by atoms with Crippen LogP contribution in [0.4, 0.5) is 0 Å². The fraction of sp³-hybridized carbons (Fsp3) is 0.700. The number of carbonyl (C=O) groups is 1. The van der Waals surface area contributed by atoms with E-state index >= 15 is 0 Å². The number of aromatic nitrogens is 2. The lowest BCUT2D eigenvalue weighted by Gasteiger charge is -2.20. The van der Waals surface area contributed by atoms with Crippen molar-refractivity contribution in [1.82, 2.24) is 15.1 Å². The molecule has 1 aromatic heterocycles. The number of rotatable bonds is 6. The third kappa shape index (κ3) is 3.95. The summed E-state index contributed by atoms with van der Waals surface area (Å²) in [7, 11) is 0. The van der Waals surface area contributed by atoms with Crippen LogP contribution >= 0.6 is 11.3 Å². The van der Waals surface area contributed by atoms with Gasteiger partial charge in [-0.3, -0.25) is 4.79 Å². The van der Waals surface area contributed by atoms with Gasteiger partial charge in [-0.1, -0.05) is 25.2 Å². The Hall–Kier alpha value is -0.970. The van der Waals surface area contributed by atoms with Crippen LogP contribution in [0.3, 0.4) is 0 Å². The molecule has 0 atom stereocenters. The molecule has 0 saturated carbocycles. The molecule has 1 rings (SSSR count). The second-order valence-electron chi connectivity index (χ2n) is 3.34. The first-order valence-corrected chi connectivity index (χ1v) is 6.05. The molecule has 0 aliphatic heterocycles. The van der Waals surface area contributed by atoms with Crippen molar-refractivity contribution in [1.29, 1.82) is 0 Å². The Morgan fingerprint density at radius 1 is 1.40 bits per heavy atom. The Bertz CT molecular complexity index is 281. The highest BCUT2D eigenvalue weighted by atomic mass is 32.1. The van der Waals surface area contributed by atoms with Gasteiger partial charge in [0.2, 0.25) is 5.91 Å². The Kier molecular flexibility index (Phi) is 5.25. The fourth-order valence-electron chi connectivity index (χ4n) is 1.38. The quantitative estimate of drug-likeness (QED) is 0.739. The van der Waals surface area contributed by atoms with Gasteiger partial charge in [0.1, 0.15) is 5.01 Å². The Morgan fingerprint density at radius 2 is 2.07 bits per heavy atom. The maximum Gasteiger partial charge on any atom is 0.229 e. The van der Waals surface area contributed by atoms with E-state index < -0.39 is 0 Å². The monoisotopic (exact) mass is 226 g/mol. The largest absolute Gasteiger partial charge is 0.342 e. The fourth-order valence-corrected chi connectivity index (χ4v) is 1.85. The Balaban J connectivity index is 2.48. The first-order chi connectivity index (χ1) is 7.27. The topological polar surface area (TPSA) is 46.1 Å². The molecule has 0 N–H and O–H groups in total. The minimum Gasteiger partial charge on any atom is -0.342 e. The van der Waals surface area contributed by atoms with Crippen LogP contribution in [0.1, 0.15) is 31.7 Å². The molecule has 0 unspecified atom stereocenters. The SMILES string of the molecule is CCCN(CCC)C(=O)Cc1nn[c]s1. The van der Waals surface area contributed by atoms with Gasteiger partial charge < -0.3 is 4.90 Å². The zero-order chi connectivity index (χ0) is 11.1. The molecule has 0 saturated heterocycles. The zero-order valence-corrected chi connectivity index (χ0v) is 10.0. The Labute approximate surface area is 94.3 Å². The molecule has 1 radical (unpaired) electrons. The molecular formula is C10H16N3OS. The summed E-state index contributed by atoms with van der Waals surface area (Å²) in [6, 6.07) is 0. The summed E-state index contributed by atoms with van der Waals surface area (Å²) in [6.45, 7) is 5.81. The third-order valence-electron chi connectivity index (χ3n) is 2.01. The van der Waals surface area contributed by atoms with Crippen LogP contribution < -0.4 is 0 Å². The smallest absolute Gasteiger partial charge is 0.229 e. The van der Waals surface area contributed by atoms with Gasteiger partial charge in [-0.25, -0.2) is 0 Å². The van der Waals surface area contributed by atoms with Crippen molar-refractivity contribution in [3.63, 3.8) is 0 Å². The minimum atomic E-state index is 0.142. The lowest BCUT2D eigenvalue weighted by atomic mass is 10.3. The van der Waals surface area contributed by atoms with Gasteiger partial charge in [-0.15, -0.1) is 10.2 Å². The lowest BCUT2D eigenvalue weighted by Crippen LogP contribution is -2.33. The van der Waals surface area contributed by atoms with Gasteiger partial charge in [0.05, 0.1) is 6.42 Å². The molecule has 0 spiro atoms. The normalized spacial score (nSPS) is 10.3. The summed E-state index contributed by atoms with van der Waals surface area (Å²) in [4.78, 5) is 13.7. The summed E-state index contributed by atoms with van der Waals surface area (Å²) in [5.74, 6) is 0.142. The predicted octanol–water partition coefficient (Wildman–Crippen LogP) is 1.53. The van der Waals surface area contributed by atoms with Crippen molar-refractivity contribution in [2.24, 2.45) is 0 Å². The highest BCUT2D eigenvalue weighted by Crippen LogP contribution is 2.05. The maximum absolute atomic E-state index is 11.8. The molecule has 0 aliphatic carbocycles.